The summed E-state index contributed by atoms with van der Waals surface area (Å²) in [4.78, 5) is 15.6. The van der Waals surface area contributed by atoms with Crippen LogP contribution in [-0.4, -0.2) is 63.1 Å². The third-order valence-corrected chi connectivity index (χ3v) is 4.13. The van der Waals surface area contributed by atoms with Gasteiger partial charge in [-0.25, -0.2) is 0 Å². The van der Waals surface area contributed by atoms with E-state index in [1.54, 1.807) is 17.0 Å². The fraction of sp³-hybridized carbons (Fsp3) is 0.500. The number of nitrogens with zero attached hydrogens (tertiary/aromatic N) is 5. The van der Waals surface area contributed by atoms with E-state index in [1.165, 1.54) is 4.80 Å². The fourth-order valence-electron chi connectivity index (χ4n) is 3.06. The van der Waals surface area contributed by atoms with Gasteiger partial charge in [-0.1, -0.05) is 0 Å². The van der Waals surface area contributed by atoms with Gasteiger partial charge in [-0.05, 0) is 37.3 Å². The topological polar surface area (TPSA) is 91.6 Å². The normalized spacial score (nSPS) is 22.2. The number of hydrogen-bond acceptors (Lipinski definition) is 7. The predicted octanol–water partition coefficient (Wildman–Crippen LogP) is 0.705. The van der Waals surface area contributed by atoms with Crippen LogP contribution in [-0.2, 0) is 16.1 Å². The second-order valence-electron chi connectivity index (χ2n) is 6.27. The second-order valence-corrected chi connectivity index (χ2v) is 6.27. The first-order chi connectivity index (χ1) is 12.1. The Morgan fingerprint density at radius 1 is 1.20 bits per heavy atom. The Hall–Kier alpha value is -2.68. The summed E-state index contributed by atoms with van der Waals surface area (Å²) in [5.41, 5.74) is 0.761. The number of tetrazole rings is 1. The molecule has 2 aromatic rings. The first-order valence-corrected chi connectivity index (χ1v) is 8.19. The molecule has 0 spiro atoms. The van der Waals surface area contributed by atoms with Gasteiger partial charge in [-0.2, -0.15) is 4.80 Å². The zero-order valence-corrected chi connectivity index (χ0v) is 14.1. The molecule has 2 aliphatic rings. The van der Waals surface area contributed by atoms with E-state index in [2.05, 4.69) is 15.4 Å². The number of ether oxygens (including phenoxy) is 3. The molecule has 0 N–H and O–H groups in total. The molecule has 132 valence electrons. The smallest absolute Gasteiger partial charge is 0.246 e. The number of benzene rings is 1. The van der Waals surface area contributed by atoms with Gasteiger partial charge in [0.25, 0.3) is 0 Å². The first kappa shape index (κ1) is 15.8. The molecule has 2 aliphatic heterocycles. The molecule has 0 radical (unpaired) electrons. The number of rotatable bonds is 3. The van der Waals surface area contributed by atoms with E-state index >= 15 is 0 Å². The molecule has 0 unspecified atom stereocenters. The molecule has 3 heterocycles. The molecule has 0 bridgehead atoms. The number of hydrogen-bond donors (Lipinski definition) is 0. The largest absolute Gasteiger partial charge is 0.454 e. The Balaban J connectivity index is 1.45. The number of carbonyl (C=O) groups is 1. The van der Waals surface area contributed by atoms with Crippen LogP contribution >= 0.6 is 0 Å². The monoisotopic (exact) mass is 345 g/mol. The third kappa shape index (κ3) is 3.27. The maximum absolute atomic E-state index is 12.5. The van der Waals surface area contributed by atoms with E-state index in [0.717, 1.165) is 5.56 Å². The van der Waals surface area contributed by atoms with Crippen LogP contribution < -0.4 is 9.47 Å². The van der Waals surface area contributed by atoms with Crippen molar-refractivity contribution < 1.29 is 19.0 Å². The number of fused-ring (bicyclic) bond motifs is 1. The van der Waals surface area contributed by atoms with Crippen LogP contribution in [0.3, 0.4) is 0 Å². The standard InChI is InChI=1S/C16H19N5O4/c1-10-6-20(7-11(2)25-10)15(22)8-21-18-16(17-19-21)12-3-4-13-14(5-12)24-9-23-13/h3-5,10-11H,6-9H2,1-2H3/t10-,11-/m1/s1. The van der Waals surface area contributed by atoms with Gasteiger partial charge in [-0.3, -0.25) is 4.79 Å². The fourth-order valence-corrected chi connectivity index (χ4v) is 3.06. The van der Waals surface area contributed by atoms with Crippen LogP contribution in [0.5, 0.6) is 11.5 Å². The number of morpholine rings is 1. The highest BCUT2D eigenvalue weighted by Crippen LogP contribution is 2.34. The highest BCUT2D eigenvalue weighted by Gasteiger charge is 2.26. The Labute approximate surface area is 144 Å². The van der Waals surface area contributed by atoms with E-state index in [-0.39, 0.29) is 31.5 Å². The molecule has 0 saturated carbocycles. The number of amides is 1. The van der Waals surface area contributed by atoms with Gasteiger partial charge in [0.15, 0.2) is 11.5 Å². The van der Waals surface area contributed by atoms with Crippen LogP contribution in [0.2, 0.25) is 0 Å². The van der Waals surface area contributed by atoms with E-state index in [0.29, 0.717) is 30.4 Å². The van der Waals surface area contributed by atoms with Crippen molar-refractivity contribution in [3.05, 3.63) is 18.2 Å². The lowest BCUT2D eigenvalue weighted by Gasteiger charge is -2.35. The summed E-state index contributed by atoms with van der Waals surface area (Å²) in [7, 11) is 0. The van der Waals surface area contributed by atoms with E-state index in [4.69, 9.17) is 14.2 Å². The van der Waals surface area contributed by atoms with Crippen LogP contribution in [0.4, 0.5) is 0 Å². The Bertz CT molecular complexity index is 783. The summed E-state index contributed by atoms with van der Waals surface area (Å²) in [6.45, 7) is 5.34. The summed E-state index contributed by atoms with van der Waals surface area (Å²) < 4.78 is 16.3. The zero-order chi connectivity index (χ0) is 17.4. The van der Waals surface area contributed by atoms with Crippen LogP contribution in [0, 0.1) is 0 Å². The minimum atomic E-state index is -0.0448. The van der Waals surface area contributed by atoms with Gasteiger partial charge in [-0.15, -0.1) is 10.2 Å². The SMILES string of the molecule is C[C@@H]1CN(C(=O)Cn2nnc(-c3ccc4c(c3)OCO4)n2)C[C@@H](C)O1. The Morgan fingerprint density at radius 3 is 2.76 bits per heavy atom. The first-order valence-electron chi connectivity index (χ1n) is 8.19. The molecule has 25 heavy (non-hydrogen) atoms. The van der Waals surface area contributed by atoms with Crippen LogP contribution in [0.1, 0.15) is 13.8 Å². The van der Waals surface area contributed by atoms with Gasteiger partial charge < -0.3 is 19.1 Å². The summed E-state index contributed by atoms with van der Waals surface area (Å²) in [6, 6.07) is 5.44. The lowest BCUT2D eigenvalue weighted by Crippen LogP contribution is -2.49. The molecule has 1 fully saturated rings. The van der Waals surface area contributed by atoms with Gasteiger partial charge in [0.05, 0.1) is 12.2 Å². The van der Waals surface area contributed by atoms with Crippen molar-refractivity contribution in [1.29, 1.82) is 0 Å². The molecule has 1 aromatic heterocycles. The molecule has 0 aliphatic carbocycles. The van der Waals surface area contributed by atoms with Gasteiger partial charge in [0, 0.05) is 18.7 Å². The molecular weight excluding hydrogens is 326 g/mol. The lowest BCUT2D eigenvalue weighted by molar-refractivity contribution is -0.144. The molecule has 1 amide bonds. The molecule has 9 nitrogen and oxygen atoms in total. The maximum atomic E-state index is 12.5. The van der Waals surface area contributed by atoms with Gasteiger partial charge in [0.1, 0.15) is 6.54 Å². The highest BCUT2D eigenvalue weighted by atomic mass is 16.7. The van der Waals surface area contributed by atoms with E-state index in [1.807, 2.05) is 19.9 Å². The van der Waals surface area contributed by atoms with Gasteiger partial charge >= 0.3 is 0 Å². The molecule has 9 heteroatoms. The minimum absolute atomic E-state index is 0.0283. The predicted molar refractivity (Wildman–Crippen MR) is 86.0 cm³/mol. The van der Waals surface area contributed by atoms with Crippen molar-refractivity contribution >= 4 is 5.91 Å². The summed E-state index contributed by atoms with van der Waals surface area (Å²) in [5.74, 6) is 1.74. The van der Waals surface area contributed by atoms with E-state index < -0.39 is 0 Å². The van der Waals surface area contributed by atoms with Crippen molar-refractivity contribution in [2.45, 2.75) is 32.6 Å². The minimum Gasteiger partial charge on any atom is -0.454 e. The van der Waals surface area contributed by atoms with Crippen molar-refractivity contribution in [3.63, 3.8) is 0 Å². The highest BCUT2D eigenvalue weighted by molar-refractivity contribution is 5.76. The zero-order valence-electron chi connectivity index (χ0n) is 14.1. The van der Waals surface area contributed by atoms with Crippen LogP contribution in [0.25, 0.3) is 11.4 Å². The van der Waals surface area contributed by atoms with E-state index in [9.17, 15) is 4.79 Å². The molecular formula is C16H19N5O4. The number of aromatic nitrogens is 4. The molecule has 1 aromatic carbocycles. The quantitative estimate of drug-likeness (QED) is 0.809. The van der Waals surface area contributed by atoms with Crippen LogP contribution in [0.15, 0.2) is 18.2 Å². The van der Waals surface area contributed by atoms with Gasteiger partial charge in [0.2, 0.25) is 18.5 Å². The average Bonchev–Trinajstić information content (AvgIpc) is 3.22. The molecule has 2 atom stereocenters. The second kappa shape index (κ2) is 6.32. The Kier molecular flexibility index (Phi) is 4.00. The lowest BCUT2D eigenvalue weighted by atomic mass is 10.2. The maximum Gasteiger partial charge on any atom is 0.246 e. The average molecular weight is 345 g/mol. The summed E-state index contributed by atoms with van der Waals surface area (Å²) in [5, 5.41) is 12.3. The number of carbonyl (C=O) groups excluding carboxylic acids is 1. The van der Waals surface area contributed by atoms with Crippen molar-refractivity contribution in [2.24, 2.45) is 0 Å². The molecule has 1 saturated heterocycles. The van der Waals surface area contributed by atoms with Crippen molar-refractivity contribution in [1.82, 2.24) is 25.1 Å². The van der Waals surface area contributed by atoms with Crippen molar-refractivity contribution in [3.8, 4) is 22.9 Å². The Morgan fingerprint density at radius 2 is 1.96 bits per heavy atom. The molecule has 4 rings (SSSR count). The summed E-state index contributed by atoms with van der Waals surface area (Å²) >= 11 is 0. The summed E-state index contributed by atoms with van der Waals surface area (Å²) in [6.07, 6.45) is 0.0567. The third-order valence-electron chi connectivity index (χ3n) is 4.13. The van der Waals surface area contributed by atoms with Crippen molar-refractivity contribution in [2.75, 3.05) is 19.9 Å².